The molecule has 0 aliphatic heterocycles. The van der Waals surface area contributed by atoms with Gasteiger partial charge in [-0.1, -0.05) is 12.1 Å². The van der Waals surface area contributed by atoms with Crippen LogP contribution in [-0.2, 0) is 16.5 Å². The SMILES string of the molecule is CCC(C)(OC)c1noc(-c2ccc3nc(C(F)(F)F)cn3c2)n1. The molecule has 0 saturated heterocycles. The van der Waals surface area contributed by atoms with Crippen molar-refractivity contribution in [2.75, 3.05) is 7.11 Å². The molecule has 3 heterocycles. The quantitative estimate of drug-likeness (QED) is 0.725. The maximum absolute atomic E-state index is 12.7. The van der Waals surface area contributed by atoms with E-state index >= 15 is 0 Å². The van der Waals surface area contributed by atoms with Crippen LogP contribution in [0, 0.1) is 0 Å². The van der Waals surface area contributed by atoms with Crippen LogP contribution in [0.3, 0.4) is 0 Å². The predicted octanol–water partition coefficient (Wildman–Crippen LogP) is 3.67. The lowest BCUT2D eigenvalue weighted by Gasteiger charge is -2.21. The predicted molar refractivity (Wildman–Crippen MR) is 78.1 cm³/mol. The van der Waals surface area contributed by atoms with Crippen LogP contribution in [0.15, 0.2) is 29.0 Å². The van der Waals surface area contributed by atoms with Gasteiger partial charge in [0.05, 0.1) is 5.56 Å². The first kappa shape index (κ1) is 16.4. The lowest BCUT2D eigenvalue weighted by molar-refractivity contribution is -0.140. The van der Waals surface area contributed by atoms with Gasteiger partial charge < -0.3 is 13.7 Å². The van der Waals surface area contributed by atoms with E-state index in [9.17, 15) is 13.2 Å². The molecule has 0 aromatic carbocycles. The minimum atomic E-state index is -4.49. The molecular weight excluding hydrogens is 325 g/mol. The van der Waals surface area contributed by atoms with Crippen molar-refractivity contribution in [1.29, 1.82) is 0 Å². The Morgan fingerprint density at radius 2 is 1.96 bits per heavy atom. The largest absolute Gasteiger partial charge is 0.434 e. The fraction of sp³-hybridized carbons (Fsp3) is 0.400. The number of halogens is 3. The maximum atomic E-state index is 12.7. The number of nitrogens with zero attached hydrogens (tertiary/aromatic N) is 4. The normalized spacial score (nSPS) is 14.9. The summed E-state index contributed by atoms with van der Waals surface area (Å²) in [6, 6.07) is 3.04. The van der Waals surface area contributed by atoms with Crippen LogP contribution in [0.25, 0.3) is 17.1 Å². The summed E-state index contributed by atoms with van der Waals surface area (Å²) in [5.41, 5.74) is -0.975. The van der Waals surface area contributed by atoms with E-state index in [2.05, 4.69) is 15.1 Å². The summed E-state index contributed by atoms with van der Waals surface area (Å²) in [4.78, 5) is 7.84. The molecular formula is C15H15F3N4O2. The number of ether oxygens (including phenoxy) is 1. The van der Waals surface area contributed by atoms with Crippen LogP contribution in [0.5, 0.6) is 0 Å². The van der Waals surface area contributed by atoms with Gasteiger partial charge in [0.2, 0.25) is 5.82 Å². The number of imidazole rings is 1. The summed E-state index contributed by atoms with van der Waals surface area (Å²) in [5, 5.41) is 3.91. The minimum Gasteiger partial charge on any atom is -0.370 e. The van der Waals surface area contributed by atoms with Gasteiger partial charge in [0, 0.05) is 19.5 Å². The number of fused-ring (bicyclic) bond motifs is 1. The second-order valence-corrected chi connectivity index (χ2v) is 5.52. The van der Waals surface area contributed by atoms with Crippen LogP contribution in [0.2, 0.25) is 0 Å². The first-order chi connectivity index (χ1) is 11.3. The zero-order chi connectivity index (χ0) is 17.5. The summed E-state index contributed by atoms with van der Waals surface area (Å²) in [5.74, 6) is 0.579. The highest BCUT2D eigenvalue weighted by Gasteiger charge is 2.34. The highest BCUT2D eigenvalue weighted by Crippen LogP contribution is 2.30. The third kappa shape index (κ3) is 2.75. The molecule has 0 spiro atoms. The first-order valence-electron chi connectivity index (χ1n) is 7.22. The molecule has 0 fully saturated rings. The Bertz CT molecular complexity index is 865. The molecule has 3 aromatic heterocycles. The molecule has 0 N–H and O–H groups in total. The van der Waals surface area contributed by atoms with Crippen molar-refractivity contribution in [3.8, 4) is 11.5 Å². The van der Waals surface area contributed by atoms with Gasteiger partial charge >= 0.3 is 6.18 Å². The molecule has 0 radical (unpaired) electrons. The van der Waals surface area contributed by atoms with Crippen LogP contribution >= 0.6 is 0 Å². The van der Waals surface area contributed by atoms with E-state index in [0.29, 0.717) is 17.8 Å². The Hall–Kier alpha value is -2.42. The van der Waals surface area contributed by atoms with E-state index in [-0.39, 0.29) is 11.5 Å². The molecule has 0 aliphatic rings. The Morgan fingerprint density at radius 3 is 2.58 bits per heavy atom. The molecule has 3 rings (SSSR count). The zero-order valence-corrected chi connectivity index (χ0v) is 13.3. The third-order valence-corrected chi connectivity index (χ3v) is 4.01. The van der Waals surface area contributed by atoms with Gasteiger partial charge in [-0.2, -0.15) is 18.2 Å². The fourth-order valence-corrected chi connectivity index (χ4v) is 2.20. The number of hydrogen-bond donors (Lipinski definition) is 0. The third-order valence-electron chi connectivity index (χ3n) is 4.01. The topological polar surface area (TPSA) is 65.5 Å². The average Bonchev–Trinajstić information content (AvgIpc) is 3.19. The van der Waals surface area contributed by atoms with E-state index in [4.69, 9.17) is 9.26 Å². The molecule has 0 aliphatic carbocycles. The highest BCUT2D eigenvalue weighted by atomic mass is 19.4. The van der Waals surface area contributed by atoms with Crippen LogP contribution in [0.1, 0.15) is 31.8 Å². The van der Waals surface area contributed by atoms with Crippen molar-refractivity contribution < 1.29 is 22.4 Å². The van der Waals surface area contributed by atoms with Gasteiger partial charge in [-0.3, -0.25) is 0 Å². The fourth-order valence-electron chi connectivity index (χ4n) is 2.20. The Kier molecular flexibility index (Phi) is 3.83. The second-order valence-electron chi connectivity index (χ2n) is 5.52. The van der Waals surface area contributed by atoms with Crippen molar-refractivity contribution in [1.82, 2.24) is 19.5 Å². The van der Waals surface area contributed by atoms with Crippen LogP contribution < -0.4 is 0 Å². The van der Waals surface area contributed by atoms with Gasteiger partial charge in [0.15, 0.2) is 5.69 Å². The van der Waals surface area contributed by atoms with Gasteiger partial charge in [0.25, 0.3) is 5.89 Å². The highest BCUT2D eigenvalue weighted by molar-refractivity contribution is 5.56. The zero-order valence-electron chi connectivity index (χ0n) is 13.3. The summed E-state index contributed by atoms with van der Waals surface area (Å²) < 4.78 is 50.1. The van der Waals surface area contributed by atoms with Gasteiger partial charge in [-0.15, -0.1) is 0 Å². The van der Waals surface area contributed by atoms with E-state index in [0.717, 1.165) is 6.20 Å². The molecule has 0 bridgehead atoms. The van der Waals surface area contributed by atoms with E-state index < -0.39 is 17.5 Å². The molecule has 0 saturated carbocycles. The Morgan fingerprint density at radius 1 is 1.21 bits per heavy atom. The Balaban J connectivity index is 2.00. The molecule has 3 aromatic rings. The summed E-state index contributed by atoms with van der Waals surface area (Å²) in [6.07, 6.45) is -1.48. The first-order valence-corrected chi connectivity index (χ1v) is 7.22. The number of pyridine rings is 1. The molecule has 128 valence electrons. The number of aromatic nitrogens is 4. The molecule has 6 nitrogen and oxygen atoms in total. The number of hydrogen-bond acceptors (Lipinski definition) is 5. The monoisotopic (exact) mass is 340 g/mol. The number of alkyl halides is 3. The molecule has 1 atom stereocenters. The van der Waals surface area contributed by atoms with Crippen molar-refractivity contribution >= 4 is 5.65 Å². The van der Waals surface area contributed by atoms with Crippen molar-refractivity contribution in [2.24, 2.45) is 0 Å². The Labute approximate surface area is 135 Å². The second kappa shape index (κ2) is 5.59. The summed E-state index contributed by atoms with van der Waals surface area (Å²) in [7, 11) is 1.55. The molecule has 24 heavy (non-hydrogen) atoms. The summed E-state index contributed by atoms with van der Waals surface area (Å²) in [6.45, 7) is 3.76. The minimum absolute atomic E-state index is 0.182. The molecule has 9 heteroatoms. The standard InChI is InChI=1S/C15H15F3N4O2/c1-4-14(2,23-3)13-20-12(24-21-13)9-5-6-11-19-10(15(16,17)18)8-22(11)7-9/h5-8H,4H2,1-3H3. The van der Waals surface area contributed by atoms with Gasteiger partial charge in [0.1, 0.15) is 11.2 Å². The van der Waals surface area contributed by atoms with Crippen molar-refractivity contribution in [3.05, 3.63) is 36.0 Å². The lowest BCUT2D eigenvalue weighted by atomic mass is 10.0. The van der Waals surface area contributed by atoms with Gasteiger partial charge in [-0.25, -0.2) is 4.98 Å². The van der Waals surface area contributed by atoms with E-state index in [1.165, 1.54) is 16.7 Å². The van der Waals surface area contributed by atoms with E-state index in [1.54, 1.807) is 13.2 Å². The number of methoxy groups -OCH3 is 1. The van der Waals surface area contributed by atoms with Crippen molar-refractivity contribution in [3.63, 3.8) is 0 Å². The van der Waals surface area contributed by atoms with Crippen LogP contribution in [-0.4, -0.2) is 26.6 Å². The smallest absolute Gasteiger partial charge is 0.370 e. The van der Waals surface area contributed by atoms with Gasteiger partial charge in [-0.05, 0) is 25.5 Å². The van der Waals surface area contributed by atoms with Crippen LogP contribution in [0.4, 0.5) is 13.2 Å². The molecule has 1 unspecified atom stereocenters. The van der Waals surface area contributed by atoms with E-state index in [1.807, 2.05) is 13.8 Å². The summed E-state index contributed by atoms with van der Waals surface area (Å²) >= 11 is 0. The molecule has 0 amide bonds. The lowest BCUT2D eigenvalue weighted by Crippen LogP contribution is -2.24. The maximum Gasteiger partial charge on any atom is 0.434 e. The number of rotatable bonds is 4. The average molecular weight is 340 g/mol. The van der Waals surface area contributed by atoms with Crippen molar-refractivity contribution in [2.45, 2.75) is 32.0 Å².